The Hall–Kier alpha value is 0.290. The van der Waals surface area contributed by atoms with Crippen molar-refractivity contribution in [3.05, 3.63) is 11.9 Å². The van der Waals surface area contributed by atoms with Gasteiger partial charge in [-0.1, -0.05) is 22.6 Å². The number of halogens is 1. The van der Waals surface area contributed by atoms with E-state index in [4.69, 9.17) is 0 Å². The predicted octanol–water partition coefficient (Wildman–Crippen LogP) is 1.47. The second-order valence-electron chi connectivity index (χ2n) is 1.03. The van der Waals surface area contributed by atoms with Crippen molar-refractivity contribution in [1.29, 1.82) is 0 Å². The summed E-state index contributed by atoms with van der Waals surface area (Å²) in [6.45, 7) is 0. The summed E-state index contributed by atoms with van der Waals surface area (Å²) in [7, 11) is 0. The van der Waals surface area contributed by atoms with Gasteiger partial charge in [-0.15, -0.1) is 0 Å². The minimum absolute atomic E-state index is 0.967. The lowest BCUT2D eigenvalue weighted by Crippen LogP contribution is -1.68. The normalized spacial score (nSPS) is 9.29. The molecule has 1 rings (SSSR count). The van der Waals surface area contributed by atoms with Gasteiger partial charge < -0.3 is 0 Å². The minimum atomic E-state index is 0.967. The van der Waals surface area contributed by atoms with Gasteiger partial charge >= 0.3 is 0 Å². The first-order chi connectivity index (χ1) is 3.43. The van der Waals surface area contributed by atoms with Crippen LogP contribution in [0.4, 0.5) is 0 Å². The van der Waals surface area contributed by atoms with E-state index in [1.165, 1.54) is 11.7 Å². The summed E-state index contributed by atoms with van der Waals surface area (Å²) < 4.78 is 8.74. The van der Waals surface area contributed by atoms with Crippen LogP contribution >= 0.6 is 34.3 Å². The maximum Gasteiger partial charge on any atom is 0.0840 e. The first-order valence-electron chi connectivity index (χ1n) is 1.76. The molecule has 0 aromatic carbocycles. The Bertz CT molecular complexity index is 127. The summed E-state index contributed by atoms with van der Waals surface area (Å²) in [5.74, 6) is 0. The molecular weight excluding hydrogens is 223 g/mol. The molecule has 0 aliphatic heterocycles. The summed E-state index contributed by atoms with van der Waals surface area (Å²) in [5, 5.41) is 0. The zero-order valence-corrected chi connectivity index (χ0v) is 6.44. The highest BCUT2D eigenvalue weighted by Crippen LogP contribution is 2.00. The fourth-order valence-corrected chi connectivity index (χ4v) is 1.27. The molecule has 0 spiro atoms. The topological polar surface area (TPSA) is 25.8 Å². The fraction of sp³-hybridized carbons (Fsp3) is 0.333. The van der Waals surface area contributed by atoms with Gasteiger partial charge in [0.05, 0.1) is 23.6 Å². The molecule has 1 aromatic rings. The molecule has 2 nitrogen and oxygen atoms in total. The number of alkyl halides is 1. The Morgan fingerprint density at radius 3 is 3.00 bits per heavy atom. The van der Waals surface area contributed by atoms with Crippen molar-refractivity contribution in [2.24, 2.45) is 0 Å². The van der Waals surface area contributed by atoms with Crippen molar-refractivity contribution in [2.45, 2.75) is 4.43 Å². The maximum absolute atomic E-state index is 3.96. The summed E-state index contributed by atoms with van der Waals surface area (Å²) in [6, 6.07) is 0. The first kappa shape index (κ1) is 5.43. The van der Waals surface area contributed by atoms with Crippen LogP contribution in [0.5, 0.6) is 0 Å². The Kier molecular flexibility index (Phi) is 1.99. The average Bonchev–Trinajstić information content (AvgIpc) is 2.14. The van der Waals surface area contributed by atoms with Gasteiger partial charge in [-0.3, -0.25) is 0 Å². The van der Waals surface area contributed by atoms with Gasteiger partial charge in [-0.05, 0) is 0 Å². The van der Waals surface area contributed by atoms with Crippen molar-refractivity contribution in [3.63, 3.8) is 0 Å². The average molecular weight is 226 g/mol. The zero-order valence-electron chi connectivity index (χ0n) is 3.47. The molecule has 38 valence electrons. The molecule has 0 amide bonds. The summed E-state index contributed by atoms with van der Waals surface area (Å²) in [6.07, 6.45) is 1.79. The van der Waals surface area contributed by atoms with Crippen molar-refractivity contribution < 1.29 is 0 Å². The summed E-state index contributed by atoms with van der Waals surface area (Å²) in [4.78, 5) is 0. The van der Waals surface area contributed by atoms with Crippen LogP contribution in [0.1, 0.15) is 5.69 Å². The molecule has 4 heteroatoms. The molecule has 1 heterocycles. The quantitative estimate of drug-likeness (QED) is 0.535. The third kappa shape index (κ3) is 1.34. The van der Waals surface area contributed by atoms with Gasteiger partial charge in [0.25, 0.3) is 0 Å². The van der Waals surface area contributed by atoms with E-state index in [0.717, 1.165) is 10.1 Å². The second kappa shape index (κ2) is 2.56. The van der Waals surface area contributed by atoms with Crippen LogP contribution in [-0.2, 0) is 4.43 Å². The molecule has 0 aliphatic carbocycles. The molecule has 1 aromatic heterocycles. The van der Waals surface area contributed by atoms with Crippen LogP contribution < -0.4 is 0 Å². The Morgan fingerprint density at radius 1 is 1.86 bits per heavy atom. The van der Waals surface area contributed by atoms with E-state index in [-0.39, 0.29) is 0 Å². The number of rotatable bonds is 1. The lowest BCUT2D eigenvalue weighted by Gasteiger charge is -1.73. The van der Waals surface area contributed by atoms with Crippen LogP contribution in [-0.4, -0.2) is 8.75 Å². The Morgan fingerprint density at radius 2 is 2.71 bits per heavy atom. The SMILES string of the molecule is ICc1cnsn1. The monoisotopic (exact) mass is 226 g/mol. The lowest BCUT2D eigenvalue weighted by atomic mass is 10.6. The van der Waals surface area contributed by atoms with Crippen LogP contribution in [0.2, 0.25) is 0 Å². The van der Waals surface area contributed by atoms with Gasteiger partial charge in [0.15, 0.2) is 0 Å². The standard InChI is InChI=1S/C3H3IN2S/c4-1-3-2-5-7-6-3/h2H,1H2. The van der Waals surface area contributed by atoms with E-state index in [1.807, 2.05) is 0 Å². The van der Waals surface area contributed by atoms with E-state index < -0.39 is 0 Å². The molecule has 0 saturated heterocycles. The van der Waals surface area contributed by atoms with Crippen LogP contribution in [0.25, 0.3) is 0 Å². The smallest absolute Gasteiger partial charge is 0.0840 e. The third-order valence-corrected chi connectivity index (χ3v) is 1.84. The second-order valence-corrected chi connectivity index (χ2v) is 2.35. The Balaban J connectivity index is 2.76. The first-order valence-corrected chi connectivity index (χ1v) is 4.01. The van der Waals surface area contributed by atoms with Gasteiger partial charge in [0.2, 0.25) is 0 Å². The molecule has 0 unspecified atom stereocenters. The van der Waals surface area contributed by atoms with E-state index >= 15 is 0 Å². The summed E-state index contributed by atoms with van der Waals surface area (Å²) >= 11 is 3.51. The lowest BCUT2D eigenvalue weighted by molar-refractivity contribution is 1.31. The van der Waals surface area contributed by atoms with Gasteiger partial charge in [0, 0.05) is 4.43 Å². The highest BCUT2D eigenvalue weighted by molar-refractivity contribution is 14.1. The highest BCUT2D eigenvalue weighted by Gasteiger charge is 1.87. The molecule has 0 aliphatic rings. The van der Waals surface area contributed by atoms with Crippen LogP contribution in [0.15, 0.2) is 6.20 Å². The Labute approximate surface area is 59.4 Å². The van der Waals surface area contributed by atoms with Crippen molar-refractivity contribution in [2.75, 3.05) is 0 Å². The van der Waals surface area contributed by atoms with Crippen LogP contribution in [0, 0.1) is 0 Å². The molecule has 0 saturated carbocycles. The van der Waals surface area contributed by atoms with Crippen molar-refractivity contribution in [3.8, 4) is 0 Å². The highest BCUT2D eigenvalue weighted by atomic mass is 127. The van der Waals surface area contributed by atoms with Crippen molar-refractivity contribution >= 4 is 34.3 Å². The third-order valence-electron chi connectivity index (χ3n) is 0.544. The predicted molar refractivity (Wildman–Crippen MR) is 37.6 cm³/mol. The number of hydrogen-bond acceptors (Lipinski definition) is 3. The zero-order chi connectivity index (χ0) is 5.11. The van der Waals surface area contributed by atoms with Crippen LogP contribution in [0.3, 0.4) is 0 Å². The molecule has 0 bridgehead atoms. The number of nitrogens with zero attached hydrogens (tertiary/aromatic N) is 2. The summed E-state index contributed by atoms with van der Waals surface area (Å²) in [5.41, 5.74) is 1.07. The maximum atomic E-state index is 3.96. The largest absolute Gasteiger partial charge is 0.181 e. The molecule has 0 radical (unpaired) electrons. The van der Waals surface area contributed by atoms with Gasteiger partial charge in [-0.25, -0.2) is 0 Å². The van der Waals surface area contributed by atoms with Gasteiger partial charge in [0.1, 0.15) is 0 Å². The molecule has 0 N–H and O–H groups in total. The number of hydrogen-bond donors (Lipinski definition) is 0. The van der Waals surface area contributed by atoms with Gasteiger partial charge in [-0.2, -0.15) is 8.75 Å². The molecule has 0 fully saturated rings. The minimum Gasteiger partial charge on any atom is -0.181 e. The molecule has 7 heavy (non-hydrogen) atoms. The fourth-order valence-electron chi connectivity index (χ4n) is 0.243. The number of aromatic nitrogens is 2. The van der Waals surface area contributed by atoms with E-state index in [2.05, 4.69) is 31.3 Å². The molecule has 0 atom stereocenters. The van der Waals surface area contributed by atoms with E-state index in [1.54, 1.807) is 6.20 Å². The van der Waals surface area contributed by atoms with Crippen molar-refractivity contribution in [1.82, 2.24) is 8.75 Å². The van der Waals surface area contributed by atoms with E-state index in [0.29, 0.717) is 0 Å². The molecular formula is C3H3IN2S. The van der Waals surface area contributed by atoms with E-state index in [9.17, 15) is 0 Å².